The lowest BCUT2D eigenvalue weighted by Crippen LogP contribution is -2.30. The number of rotatable bonds is 7. The third kappa shape index (κ3) is 11.4. The van der Waals surface area contributed by atoms with Crippen LogP contribution < -0.4 is 11.1 Å². The molecule has 0 aromatic heterocycles. The van der Waals surface area contributed by atoms with Gasteiger partial charge in [0.15, 0.2) is 0 Å². The van der Waals surface area contributed by atoms with Gasteiger partial charge in [-0.25, -0.2) is 0 Å². The Morgan fingerprint density at radius 2 is 1.50 bits per heavy atom. The number of nitrogens with zero attached hydrogens (tertiary/aromatic N) is 1. The summed E-state index contributed by atoms with van der Waals surface area (Å²) in [6, 6.07) is 0. The third-order valence-corrected chi connectivity index (χ3v) is 4.98. The maximum atomic E-state index is 5.52. The first-order valence-electron chi connectivity index (χ1n) is 9.96. The van der Waals surface area contributed by atoms with Gasteiger partial charge in [-0.2, -0.15) is 0 Å². The summed E-state index contributed by atoms with van der Waals surface area (Å²) in [5, 5.41) is 3.50. The van der Waals surface area contributed by atoms with Gasteiger partial charge in [-0.15, -0.1) is 0 Å². The van der Waals surface area contributed by atoms with Crippen LogP contribution in [0.4, 0.5) is 0 Å². The molecular formula is C19H41N3. The number of hydrogen-bond donors (Lipinski definition) is 2. The van der Waals surface area contributed by atoms with Crippen LogP contribution in [0.2, 0.25) is 0 Å². The molecule has 1 saturated heterocycles. The lowest BCUT2D eigenvalue weighted by molar-refractivity contribution is 0.252. The van der Waals surface area contributed by atoms with Gasteiger partial charge >= 0.3 is 0 Å². The zero-order valence-electron chi connectivity index (χ0n) is 15.1. The Hall–Kier alpha value is -0.120. The largest absolute Gasteiger partial charge is 0.330 e. The normalized spacial score (nSPS) is 23.5. The Labute approximate surface area is 139 Å². The van der Waals surface area contributed by atoms with E-state index in [-0.39, 0.29) is 0 Å². The van der Waals surface area contributed by atoms with Gasteiger partial charge < -0.3 is 16.0 Å². The highest BCUT2D eigenvalue weighted by molar-refractivity contribution is 4.64. The van der Waals surface area contributed by atoms with Crippen molar-refractivity contribution >= 4 is 0 Å². The molecule has 0 aliphatic carbocycles. The van der Waals surface area contributed by atoms with Crippen LogP contribution in [0.1, 0.15) is 77.6 Å². The van der Waals surface area contributed by atoms with Gasteiger partial charge in [0.2, 0.25) is 0 Å². The van der Waals surface area contributed by atoms with Crippen molar-refractivity contribution in [3.8, 4) is 0 Å². The molecule has 1 atom stereocenters. The van der Waals surface area contributed by atoms with E-state index in [1.165, 1.54) is 83.8 Å². The topological polar surface area (TPSA) is 41.3 Å². The Bertz CT molecular complexity index is 233. The van der Waals surface area contributed by atoms with Crippen molar-refractivity contribution in [1.29, 1.82) is 0 Å². The fourth-order valence-corrected chi connectivity index (χ4v) is 3.46. The first kappa shape index (κ1) is 19.9. The fraction of sp³-hybridized carbons (Fsp3) is 1.00. The first-order chi connectivity index (χ1) is 10.8. The van der Waals surface area contributed by atoms with E-state index < -0.39 is 0 Å². The predicted molar refractivity (Wildman–Crippen MR) is 98.3 cm³/mol. The van der Waals surface area contributed by atoms with Crippen LogP contribution in [-0.4, -0.2) is 44.2 Å². The summed E-state index contributed by atoms with van der Waals surface area (Å²) < 4.78 is 0. The molecule has 3 nitrogen and oxygen atoms in total. The van der Waals surface area contributed by atoms with Crippen LogP contribution in [0.3, 0.4) is 0 Å². The van der Waals surface area contributed by atoms with E-state index in [2.05, 4.69) is 17.1 Å². The molecular weight excluding hydrogens is 270 g/mol. The smallest absolute Gasteiger partial charge is 0.000664 e. The van der Waals surface area contributed by atoms with Crippen molar-refractivity contribution in [3.63, 3.8) is 0 Å². The van der Waals surface area contributed by atoms with Gasteiger partial charge in [0.05, 0.1) is 0 Å². The second-order valence-corrected chi connectivity index (χ2v) is 7.24. The average molecular weight is 312 g/mol. The monoisotopic (exact) mass is 311 g/mol. The maximum Gasteiger partial charge on any atom is -0.000664 e. The van der Waals surface area contributed by atoms with Crippen molar-refractivity contribution in [3.05, 3.63) is 0 Å². The molecule has 132 valence electrons. The van der Waals surface area contributed by atoms with Crippen molar-refractivity contribution in [2.45, 2.75) is 77.6 Å². The van der Waals surface area contributed by atoms with Gasteiger partial charge in [0, 0.05) is 0 Å². The summed E-state index contributed by atoms with van der Waals surface area (Å²) in [6.45, 7) is 9.37. The van der Waals surface area contributed by atoms with Gasteiger partial charge in [-0.3, -0.25) is 0 Å². The molecule has 3 heteroatoms. The zero-order valence-corrected chi connectivity index (χ0v) is 15.1. The highest BCUT2D eigenvalue weighted by Gasteiger charge is 2.08. The molecule has 0 bridgehead atoms. The molecule has 22 heavy (non-hydrogen) atoms. The van der Waals surface area contributed by atoms with Gasteiger partial charge in [-0.05, 0) is 77.3 Å². The van der Waals surface area contributed by atoms with Crippen LogP contribution in [0.25, 0.3) is 0 Å². The molecule has 0 aromatic rings. The van der Waals surface area contributed by atoms with Gasteiger partial charge in [0.1, 0.15) is 0 Å². The van der Waals surface area contributed by atoms with Crippen LogP contribution in [0.15, 0.2) is 0 Å². The lowest BCUT2D eigenvalue weighted by atomic mass is 9.98. The van der Waals surface area contributed by atoms with Crippen molar-refractivity contribution in [2.24, 2.45) is 11.7 Å². The van der Waals surface area contributed by atoms with Crippen molar-refractivity contribution < 1.29 is 0 Å². The van der Waals surface area contributed by atoms with Crippen LogP contribution in [0, 0.1) is 5.92 Å². The third-order valence-electron chi connectivity index (χ3n) is 4.98. The molecule has 0 aromatic carbocycles. The molecule has 1 aliphatic heterocycles. The van der Waals surface area contributed by atoms with Crippen molar-refractivity contribution in [2.75, 3.05) is 39.3 Å². The average Bonchev–Trinajstić information content (AvgIpc) is 2.53. The highest BCUT2D eigenvalue weighted by Crippen LogP contribution is 2.17. The van der Waals surface area contributed by atoms with Gasteiger partial charge in [0.25, 0.3) is 0 Å². The molecule has 1 fully saturated rings. The van der Waals surface area contributed by atoms with Gasteiger partial charge in [-0.1, -0.05) is 45.4 Å². The zero-order chi connectivity index (χ0) is 15.9. The predicted octanol–water partition coefficient (Wildman–Crippen LogP) is 3.78. The molecule has 1 rings (SSSR count). The summed E-state index contributed by atoms with van der Waals surface area (Å²) in [5.74, 6) is 0.931. The fourth-order valence-electron chi connectivity index (χ4n) is 3.46. The Morgan fingerprint density at radius 1 is 0.864 bits per heavy atom. The molecule has 3 N–H and O–H groups in total. The summed E-state index contributed by atoms with van der Waals surface area (Å²) in [4.78, 5) is 2.72. The Kier molecular flexibility index (Phi) is 13.1. The quantitative estimate of drug-likeness (QED) is 0.703. The number of nitrogens with one attached hydrogen (secondary N) is 1. The molecule has 0 spiro atoms. The van der Waals surface area contributed by atoms with Crippen LogP contribution >= 0.6 is 0 Å². The second-order valence-electron chi connectivity index (χ2n) is 7.24. The number of hydrogen-bond acceptors (Lipinski definition) is 3. The molecule has 1 heterocycles. The maximum absolute atomic E-state index is 5.52. The SMILES string of the molecule is CC1CCCCCCCCN(CCCNCCCN)CCC1. The van der Waals surface area contributed by atoms with E-state index in [0.29, 0.717) is 0 Å². The minimum atomic E-state index is 0.803. The van der Waals surface area contributed by atoms with E-state index >= 15 is 0 Å². The summed E-state index contributed by atoms with van der Waals surface area (Å²) in [6.07, 6.45) is 15.3. The minimum absolute atomic E-state index is 0.803. The van der Waals surface area contributed by atoms with E-state index in [1.54, 1.807) is 0 Å². The van der Waals surface area contributed by atoms with E-state index in [0.717, 1.165) is 32.0 Å². The molecule has 0 saturated carbocycles. The first-order valence-corrected chi connectivity index (χ1v) is 9.96. The van der Waals surface area contributed by atoms with E-state index in [9.17, 15) is 0 Å². The molecule has 0 amide bonds. The molecule has 0 radical (unpaired) electrons. The van der Waals surface area contributed by atoms with Crippen LogP contribution in [-0.2, 0) is 0 Å². The standard InChI is InChI=1S/C19H41N3/c1-19-11-6-4-2-3-5-7-16-22(17-8-12-19)18-10-15-21-14-9-13-20/h19,21H,2-18,20H2,1H3. The summed E-state index contributed by atoms with van der Waals surface area (Å²) in [5.41, 5.74) is 5.52. The van der Waals surface area contributed by atoms with Crippen molar-refractivity contribution in [1.82, 2.24) is 10.2 Å². The number of nitrogens with two attached hydrogens (primary N) is 1. The molecule has 1 unspecified atom stereocenters. The molecule has 1 aliphatic rings. The Balaban J connectivity index is 2.19. The summed E-state index contributed by atoms with van der Waals surface area (Å²) in [7, 11) is 0. The lowest BCUT2D eigenvalue weighted by Gasteiger charge is -2.23. The van der Waals surface area contributed by atoms with E-state index in [1.807, 2.05) is 0 Å². The summed E-state index contributed by atoms with van der Waals surface area (Å²) >= 11 is 0. The minimum Gasteiger partial charge on any atom is -0.330 e. The van der Waals surface area contributed by atoms with Crippen LogP contribution in [0.5, 0.6) is 0 Å². The highest BCUT2D eigenvalue weighted by atomic mass is 15.1. The Morgan fingerprint density at radius 3 is 2.32 bits per heavy atom. The second kappa shape index (κ2) is 14.5. The van der Waals surface area contributed by atoms with E-state index in [4.69, 9.17) is 5.73 Å².